The summed E-state index contributed by atoms with van der Waals surface area (Å²) in [6.07, 6.45) is 2.34. The fourth-order valence-corrected chi connectivity index (χ4v) is 4.68. The lowest BCUT2D eigenvalue weighted by Crippen LogP contribution is -2.32. The minimum atomic E-state index is -0.689. The molecule has 1 unspecified atom stereocenters. The van der Waals surface area contributed by atoms with Crippen molar-refractivity contribution in [3.63, 3.8) is 0 Å². The Labute approximate surface area is 193 Å². The molecule has 0 bridgehead atoms. The van der Waals surface area contributed by atoms with Crippen LogP contribution in [-0.4, -0.2) is 5.78 Å². The highest BCUT2D eigenvalue weighted by molar-refractivity contribution is 6.00. The van der Waals surface area contributed by atoms with E-state index in [9.17, 15) is 9.18 Å². The molecule has 5 rings (SSSR count). The van der Waals surface area contributed by atoms with E-state index in [1.54, 1.807) is 6.07 Å². The average Bonchev–Trinajstić information content (AvgIpc) is 2.79. The van der Waals surface area contributed by atoms with Gasteiger partial charge in [-0.25, -0.2) is 4.39 Å². The maximum atomic E-state index is 14.3. The normalized spacial score (nSPS) is 19.4. The number of allylic oxidation sites excluding steroid dienone is 1. The lowest BCUT2D eigenvalue weighted by atomic mass is 9.73. The van der Waals surface area contributed by atoms with Crippen molar-refractivity contribution in [2.24, 2.45) is 5.41 Å². The number of ether oxygens (including phenoxy) is 1. The standard InChI is InChI=1S/C29H26FNO2/c1-29(2)17-24(31-22-11-7-4-8-12-22)27(25(32)18-29)28-23-16-21(30)14-13-20(23)15-26(33-28)19-9-5-3-6-10-19/h3-16,28,31H,17-18H2,1-2H3. The number of Topliss-reactive ketones (excluding diaryl/α,β-unsaturated/α-hetero) is 1. The molecule has 3 aromatic carbocycles. The van der Waals surface area contributed by atoms with E-state index < -0.39 is 6.10 Å². The van der Waals surface area contributed by atoms with Crippen LogP contribution in [0.25, 0.3) is 11.8 Å². The first-order valence-corrected chi connectivity index (χ1v) is 11.2. The van der Waals surface area contributed by atoms with Crippen molar-refractivity contribution in [3.05, 3.63) is 113 Å². The average molecular weight is 440 g/mol. The highest BCUT2D eigenvalue weighted by atomic mass is 19.1. The molecule has 1 N–H and O–H groups in total. The first-order valence-electron chi connectivity index (χ1n) is 11.2. The predicted molar refractivity (Wildman–Crippen MR) is 130 cm³/mol. The topological polar surface area (TPSA) is 38.3 Å². The molecule has 1 atom stereocenters. The molecule has 0 amide bonds. The van der Waals surface area contributed by atoms with E-state index in [-0.39, 0.29) is 17.0 Å². The minimum absolute atomic E-state index is 0.0270. The molecule has 2 aliphatic rings. The molecule has 0 saturated carbocycles. The van der Waals surface area contributed by atoms with Gasteiger partial charge >= 0.3 is 0 Å². The number of nitrogens with one attached hydrogen (secondary N) is 1. The number of carbonyl (C=O) groups excluding carboxylic acids is 1. The highest BCUT2D eigenvalue weighted by Gasteiger charge is 2.40. The quantitative estimate of drug-likeness (QED) is 0.469. The van der Waals surface area contributed by atoms with Crippen LogP contribution in [-0.2, 0) is 9.53 Å². The summed E-state index contributed by atoms with van der Waals surface area (Å²) < 4.78 is 20.8. The van der Waals surface area contributed by atoms with Gasteiger partial charge in [0.15, 0.2) is 11.9 Å². The molecule has 1 aliphatic carbocycles. The van der Waals surface area contributed by atoms with Crippen LogP contribution in [0.2, 0.25) is 0 Å². The number of fused-ring (bicyclic) bond motifs is 1. The Morgan fingerprint density at radius 3 is 2.36 bits per heavy atom. The zero-order chi connectivity index (χ0) is 23.0. The third-order valence-corrected chi connectivity index (χ3v) is 6.17. The van der Waals surface area contributed by atoms with Crippen LogP contribution in [0.5, 0.6) is 0 Å². The van der Waals surface area contributed by atoms with E-state index in [1.165, 1.54) is 12.1 Å². The maximum Gasteiger partial charge on any atom is 0.165 e. The van der Waals surface area contributed by atoms with Gasteiger partial charge in [0.05, 0.1) is 5.57 Å². The van der Waals surface area contributed by atoms with Gasteiger partial charge in [-0.05, 0) is 47.7 Å². The Kier molecular flexibility index (Phi) is 5.37. The van der Waals surface area contributed by atoms with Gasteiger partial charge < -0.3 is 10.1 Å². The van der Waals surface area contributed by atoms with Gasteiger partial charge in [-0.15, -0.1) is 0 Å². The molecule has 4 heteroatoms. The van der Waals surface area contributed by atoms with Gasteiger partial charge in [0, 0.05) is 28.9 Å². The predicted octanol–water partition coefficient (Wildman–Crippen LogP) is 7.15. The van der Waals surface area contributed by atoms with Gasteiger partial charge in [-0.1, -0.05) is 68.4 Å². The Balaban J connectivity index is 1.66. The smallest absolute Gasteiger partial charge is 0.165 e. The summed E-state index contributed by atoms with van der Waals surface area (Å²) in [7, 11) is 0. The Bertz CT molecular complexity index is 1260. The summed E-state index contributed by atoms with van der Waals surface area (Å²) >= 11 is 0. The van der Waals surface area contributed by atoms with E-state index in [0.29, 0.717) is 29.7 Å². The molecule has 1 aliphatic heterocycles. The van der Waals surface area contributed by atoms with Crippen molar-refractivity contribution in [2.75, 3.05) is 5.32 Å². The third-order valence-electron chi connectivity index (χ3n) is 6.17. The highest BCUT2D eigenvalue weighted by Crippen LogP contribution is 2.46. The van der Waals surface area contributed by atoms with E-state index in [0.717, 1.165) is 22.5 Å². The zero-order valence-electron chi connectivity index (χ0n) is 18.8. The molecule has 0 radical (unpaired) electrons. The lowest BCUT2D eigenvalue weighted by molar-refractivity contribution is -0.119. The summed E-state index contributed by atoms with van der Waals surface area (Å²) in [5, 5.41) is 3.48. The van der Waals surface area contributed by atoms with E-state index in [1.807, 2.05) is 66.7 Å². The first-order chi connectivity index (χ1) is 15.9. The SMILES string of the molecule is CC1(C)CC(=O)C(C2OC(c3ccccc3)=Cc3ccc(F)cc32)=C(Nc2ccccc2)C1. The summed E-state index contributed by atoms with van der Waals surface area (Å²) in [5.74, 6) is 0.351. The number of benzene rings is 3. The second-order valence-electron chi connectivity index (χ2n) is 9.47. The molecule has 1 heterocycles. The molecule has 3 aromatic rings. The van der Waals surface area contributed by atoms with Crippen LogP contribution in [0.15, 0.2) is 90.1 Å². The number of ketones is 1. The van der Waals surface area contributed by atoms with Crippen molar-refractivity contribution in [1.82, 2.24) is 0 Å². The third kappa shape index (κ3) is 4.34. The van der Waals surface area contributed by atoms with E-state index in [4.69, 9.17) is 4.74 Å². The largest absolute Gasteiger partial charge is 0.480 e. The maximum absolute atomic E-state index is 14.3. The number of carbonyl (C=O) groups is 1. The van der Waals surface area contributed by atoms with Crippen LogP contribution < -0.4 is 5.32 Å². The van der Waals surface area contributed by atoms with Crippen molar-refractivity contribution in [2.45, 2.75) is 32.8 Å². The fraction of sp³-hybridized carbons (Fsp3) is 0.207. The number of halogens is 1. The van der Waals surface area contributed by atoms with Gasteiger partial charge in [0.25, 0.3) is 0 Å². The van der Waals surface area contributed by atoms with Crippen LogP contribution in [0, 0.1) is 11.2 Å². The number of anilines is 1. The molecule has 0 spiro atoms. The van der Waals surface area contributed by atoms with Gasteiger partial charge in [-0.2, -0.15) is 0 Å². The monoisotopic (exact) mass is 439 g/mol. The van der Waals surface area contributed by atoms with E-state index in [2.05, 4.69) is 19.2 Å². The van der Waals surface area contributed by atoms with Gasteiger partial charge in [0.2, 0.25) is 0 Å². The summed E-state index contributed by atoms with van der Waals surface area (Å²) in [4.78, 5) is 13.6. The molecular formula is C29H26FNO2. The fourth-order valence-electron chi connectivity index (χ4n) is 4.68. The molecule has 0 saturated heterocycles. The lowest BCUT2D eigenvalue weighted by Gasteiger charge is -2.37. The second-order valence-corrected chi connectivity index (χ2v) is 9.47. The van der Waals surface area contributed by atoms with E-state index >= 15 is 0 Å². The Morgan fingerprint density at radius 1 is 0.939 bits per heavy atom. The molecule has 0 aromatic heterocycles. The number of para-hydroxylation sites is 1. The van der Waals surface area contributed by atoms with Crippen molar-refractivity contribution in [1.29, 1.82) is 0 Å². The zero-order valence-corrected chi connectivity index (χ0v) is 18.8. The summed E-state index contributed by atoms with van der Waals surface area (Å²) in [5.41, 5.74) is 4.57. The first kappa shape index (κ1) is 21.2. The van der Waals surface area contributed by atoms with Crippen molar-refractivity contribution < 1.29 is 13.9 Å². The van der Waals surface area contributed by atoms with Gasteiger partial charge in [-0.3, -0.25) is 4.79 Å². The minimum Gasteiger partial charge on any atom is -0.480 e. The molecule has 0 fully saturated rings. The van der Waals surface area contributed by atoms with Crippen LogP contribution >= 0.6 is 0 Å². The summed E-state index contributed by atoms with van der Waals surface area (Å²) in [6.45, 7) is 4.19. The number of hydrogen-bond donors (Lipinski definition) is 1. The summed E-state index contributed by atoms with van der Waals surface area (Å²) in [6, 6.07) is 24.3. The Hall–Kier alpha value is -3.66. The number of hydrogen-bond acceptors (Lipinski definition) is 3. The van der Waals surface area contributed by atoms with Gasteiger partial charge in [0.1, 0.15) is 11.6 Å². The Morgan fingerprint density at radius 2 is 1.64 bits per heavy atom. The van der Waals surface area contributed by atoms with Crippen LogP contribution in [0.4, 0.5) is 10.1 Å². The van der Waals surface area contributed by atoms with Crippen molar-refractivity contribution in [3.8, 4) is 0 Å². The molecule has 166 valence electrons. The molecule has 33 heavy (non-hydrogen) atoms. The van der Waals surface area contributed by atoms with Crippen LogP contribution in [0.1, 0.15) is 49.5 Å². The number of rotatable bonds is 4. The van der Waals surface area contributed by atoms with Crippen molar-refractivity contribution >= 4 is 23.3 Å². The second kappa shape index (κ2) is 8.36. The molecule has 3 nitrogen and oxygen atoms in total. The molecular weight excluding hydrogens is 413 g/mol. The van der Waals surface area contributed by atoms with Crippen LogP contribution in [0.3, 0.4) is 0 Å².